The van der Waals surface area contributed by atoms with E-state index in [-0.39, 0.29) is 22.4 Å². The molecule has 0 saturated carbocycles. The number of halogens is 1. The zero-order valence-corrected chi connectivity index (χ0v) is 10.7. The standard InChI is InChI=1S/C15H11FN2O3/c16-9-6-10(15(20)21)12-11(7-9)17-14(18-12)13(19)8-4-2-1-3-5-8/h1-7,13,19H,(H,17,18)(H,20,21). The van der Waals surface area contributed by atoms with Crippen molar-refractivity contribution in [3.63, 3.8) is 0 Å². The van der Waals surface area contributed by atoms with Crippen molar-refractivity contribution in [1.82, 2.24) is 9.97 Å². The van der Waals surface area contributed by atoms with Gasteiger partial charge in [-0.2, -0.15) is 0 Å². The number of nitrogens with zero attached hydrogens (tertiary/aromatic N) is 1. The van der Waals surface area contributed by atoms with Crippen LogP contribution in [0.15, 0.2) is 42.5 Å². The summed E-state index contributed by atoms with van der Waals surface area (Å²) in [6.45, 7) is 0. The number of aromatic carboxylic acids is 1. The molecule has 0 aliphatic carbocycles. The third kappa shape index (κ3) is 2.36. The molecule has 0 aliphatic rings. The highest BCUT2D eigenvalue weighted by molar-refractivity contribution is 6.01. The third-order valence-electron chi connectivity index (χ3n) is 3.17. The molecule has 1 unspecified atom stereocenters. The lowest BCUT2D eigenvalue weighted by atomic mass is 10.1. The summed E-state index contributed by atoms with van der Waals surface area (Å²) in [5.41, 5.74) is 0.716. The first kappa shape index (κ1) is 13.3. The number of aromatic nitrogens is 2. The Hall–Kier alpha value is -2.73. The van der Waals surface area contributed by atoms with Gasteiger partial charge in [-0.25, -0.2) is 14.2 Å². The number of nitrogens with one attached hydrogen (secondary N) is 1. The molecule has 0 aliphatic heterocycles. The monoisotopic (exact) mass is 286 g/mol. The molecule has 2 aromatic carbocycles. The van der Waals surface area contributed by atoms with E-state index < -0.39 is 17.9 Å². The van der Waals surface area contributed by atoms with E-state index in [0.717, 1.165) is 12.1 Å². The summed E-state index contributed by atoms with van der Waals surface area (Å²) in [6.07, 6.45) is -1.04. The average Bonchev–Trinajstić information content (AvgIpc) is 2.90. The maximum atomic E-state index is 13.4. The Balaban J connectivity index is 2.13. The zero-order valence-electron chi connectivity index (χ0n) is 10.7. The summed E-state index contributed by atoms with van der Waals surface area (Å²) >= 11 is 0. The maximum Gasteiger partial charge on any atom is 0.338 e. The number of rotatable bonds is 3. The average molecular weight is 286 g/mol. The molecule has 106 valence electrons. The zero-order chi connectivity index (χ0) is 15.0. The SMILES string of the molecule is O=C(O)c1cc(F)cc2[nH]c(C(O)c3ccccc3)nc12. The first-order chi connectivity index (χ1) is 10.1. The van der Waals surface area contributed by atoms with Crippen LogP contribution in [0.25, 0.3) is 11.0 Å². The van der Waals surface area contributed by atoms with Gasteiger partial charge in [-0.05, 0) is 17.7 Å². The van der Waals surface area contributed by atoms with Crippen LogP contribution < -0.4 is 0 Å². The van der Waals surface area contributed by atoms with Crippen LogP contribution in [-0.2, 0) is 0 Å². The van der Waals surface area contributed by atoms with Crippen LogP contribution in [0.4, 0.5) is 4.39 Å². The summed E-state index contributed by atoms with van der Waals surface area (Å²) in [7, 11) is 0. The van der Waals surface area contributed by atoms with Gasteiger partial charge in [-0.3, -0.25) is 0 Å². The first-order valence-corrected chi connectivity index (χ1v) is 6.21. The minimum absolute atomic E-state index is 0.119. The molecule has 0 amide bonds. The van der Waals surface area contributed by atoms with Crippen molar-refractivity contribution < 1.29 is 19.4 Å². The Kier molecular flexibility index (Phi) is 3.15. The van der Waals surface area contributed by atoms with E-state index in [1.807, 2.05) is 6.07 Å². The van der Waals surface area contributed by atoms with Crippen LogP contribution in [0, 0.1) is 5.82 Å². The lowest BCUT2D eigenvalue weighted by Crippen LogP contribution is -2.01. The number of hydrogen-bond acceptors (Lipinski definition) is 3. The first-order valence-electron chi connectivity index (χ1n) is 6.21. The highest BCUT2D eigenvalue weighted by atomic mass is 19.1. The highest BCUT2D eigenvalue weighted by Gasteiger charge is 2.19. The number of benzene rings is 2. The van der Waals surface area contributed by atoms with Crippen molar-refractivity contribution in [2.75, 3.05) is 0 Å². The number of H-pyrrole nitrogens is 1. The number of imidazole rings is 1. The van der Waals surface area contributed by atoms with Crippen molar-refractivity contribution >= 4 is 17.0 Å². The molecule has 0 spiro atoms. The van der Waals surface area contributed by atoms with Gasteiger partial charge in [0, 0.05) is 0 Å². The van der Waals surface area contributed by atoms with Gasteiger partial charge >= 0.3 is 5.97 Å². The van der Waals surface area contributed by atoms with Crippen LogP contribution in [0.2, 0.25) is 0 Å². The summed E-state index contributed by atoms with van der Waals surface area (Å²) < 4.78 is 13.4. The molecular formula is C15H11FN2O3. The predicted octanol–water partition coefficient (Wildman–Crippen LogP) is 2.48. The van der Waals surface area contributed by atoms with E-state index in [1.54, 1.807) is 24.3 Å². The van der Waals surface area contributed by atoms with E-state index >= 15 is 0 Å². The molecule has 0 fully saturated rings. The number of aliphatic hydroxyl groups is 1. The molecule has 6 heteroatoms. The lowest BCUT2D eigenvalue weighted by molar-refractivity contribution is 0.0698. The second-order valence-electron chi connectivity index (χ2n) is 4.59. The number of aliphatic hydroxyl groups excluding tert-OH is 1. The Labute approximate surface area is 118 Å². The second-order valence-corrected chi connectivity index (χ2v) is 4.59. The predicted molar refractivity (Wildman–Crippen MR) is 73.5 cm³/mol. The normalized spacial score (nSPS) is 12.5. The van der Waals surface area contributed by atoms with Crippen molar-refractivity contribution in [2.24, 2.45) is 0 Å². The third-order valence-corrected chi connectivity index (χ3v) is 3.17. The smallest absolute Gasteiger partial charge is 0.338 e. The van der Waals surface area contributed by atoms with Gasteiger partial charge in [0.05, 0.1) is 11.1 Å². The van der Waals surface area contributed by atoms with Gasteiger partial charge in [0.25, 0.3) is 0 Å². The van der Waals surface area contributed by atoms with Crippen molar-refractivity contribution in [3.05, 3.63) is 65.2 Å². The minimum Gasteiger partial charge on any atom is -0.478 e. The molecule has 21 heavy (non-hydrogen) atoms. The van der Waals surface area contributed by atoms with Crippen LogP contribution >= 0.6 is 0 Å². The maximum absolute atomic E-state index is 13.4. The molecule has 5 nitrogen and oxygen atoms in total. The quantitative estimate of drug-likeness (QED) is 0.690. The fourth-order valence-corrected chi connectivity index (χ4v) is 2.19. The topological polar surface area (TPSA) is 86.2 Å². The summed E-state index contributed by atoms with van der Waals surface area (Å²) in [4.78, 5) is 18.0. The minimum atomic E-state index is -1.27. The van der Waals surface area contributed by atoms with Crippen molar-refractivity contribution in [3.8, 4) is 0 Å². The van der Waals surface area contributed by atoms with Crippen LogP contribution in [0.5, 0.6) is 0 Å². The van der Waals surface area contributed by atoms with Gasteiger partial charge in [-0.15, -0.1) is 0 Å². The lowest BCUT2D eigenvalue weighted by Gasteiger charge is -2.06. The molecule has 3 rings (SSSR count). The summed E-state index contributed by atoms with van der Waals surface area (Å²) in [6, 6.07) is 10.8. The van der Waals surface area contributed by atoms with Crippen molar-refractivity contribution in [2.45, 2.75) is 6.10 Å². The number of carboxylic acid groups (broad SMARTS) is 1. The summed E-state index contributed by atoms with van der Waals surface area (Å²) in [5.74, 6) is -1.78. The van der Waals surface area contributed by atoms with Gasteiger partial charge in [0.1, 0.15) is 23.3 Å². The number of carboxylic acids is 1. The van der Waals surface area contributed by atoms with Gasteiger partial charge in [-0.1, -0.05) is 30.3 Å². The van der Waals surface area contributed by atoms with Gasteiger partial charge < -0.3 is 15.2 Å². The van der Waals surface area contributed by atoms with Crippen molar-refractivity contribution in [1.29, 1.82) is 0 Å². The molecule has 0 bridgehead atoms. The molecule has 1 atom stereocenters. The molecule has 0 saturated heterocycles. The van der Waals surface area contributed by atoms with E-state index in [9.17, 15) is 14.3 Å². The fourth-order valence-electron chi connectivity index (χ4n) is 2.19. The summed E-state index contributed by atoms with van der Waals surface area (Å²) in [5, 5.41) is 19.3. The van der Waals surface area contributed by atoms with Gasteiger partial charge in [0.15, 0.2) is 0 Å². The number of hydrogen-bond donors (Lipinski definition) is 3. The van der Waals surface area contributed by atoms with Crippen LogP contribution in [-0.4, -0.2) is 26.2 Å². The van der Waals surface area contributed by atoms with Gasteiger partial charge in [0.2, 0.25) is 0 Å². The molecule has 1 heterocycles. The molecule has 1 aromatic heterocycles. The Bertz CT molecular complexity index is 814. The number of fused-ring (bicyclic) bond motifs is 1. The molecule has 3 aromatic rings. The highest BCUT2D eigenvalue weighted by Crippen LogP contribution is 2.24. The molecule has 0 radical (unpaired) electrons. The Morgan fingerprint density at radius 2 is 1.95 bits per heavy atom. The second kappa shape index (κ2) is 4.99. The van der Waals surface area contributed by atoms with Crippen LogP contribution in [0.1, 0.15) is 27.8 Å². The molecular weight excluding hydrogens is 275 g/mol. The largest absolute Gasteiger partial charge is 0.478 e. The van der Waals surface area contributed by atoms with E-state index in [0.29, 0.717) is 5.56 Å². The van der Waals surface area contributed by atoms with E-state index in [1.165, 1.54) is 0 Å². The van der Waals surface area contributed by atoms with E-state index in [2.05, 4.69) is 9.97 Å². The number of carbonyl (C=O) groups is 1. The Morgan fingerprint density at radius 3 is 2.62 bits per heavy atom. The van der Waals surface area contributed by atoms with E-state index in [4.69, 9.17) is 5.11 Å². The number of aromatic amines is 1. The van der Waals surface area contributed by atoms with Crippen LogP contribution in [0.3, 0.4) is 0 Å². The molecule has 3 N–H and O–H groups in total. The Morgan fingerprint density at radius 1 is 1.24 bits per heavy atom. The fraction of sp³-hybridized carbons (Fsp3) is 0.0667.